The van der Waals surface area contributed by atoms with E-state index in [1.165, 1.54) is 6.07 Å². The fourth-order valence-electron chi connectivity index (χ4n) is 2.71. The molecule has 1 N–H and O–H groups in total. The minimum atomic E-state index is -0.342. The van der Waals surface area contributed by atoms with Gasteiger partial charge in [-0.05, 0) is 18.6 Å². The van der Waals surface area contributed by atoms with Crippen molar-refractivity contribution < 1.29 is 9.18 Å². The van der Waals surface area contributed by atoms with Gasteiger partial charge in [-0.25, -0.2) is 4.39 Å². The maximum Gasteiger partial charge on any atom is 0.256 e. The van der Waals surface area contributed by atoms with E-state index in [1.54, 1.807) is 31.0 Å². The third-order valence-corrected chi connectivity index (χ3v) is 3.79. The molecule has 4 heteroatoms. The summed E-state index contributed by atoms with van der Waals surface area (Å²) in [5, 5.41) is 0.627. The van der Waals surface area contributed by atoms with Crippen molar-refractivity contribution in [1.29, 1.82) is 0 Å². The molecule has 2 aromatic carbocycles. The second kappa shape index (κ2) is 5.64. The lowest BCUT2D eigenvalue weighted by atomic mass is 10.1. The van der Waals surface area contributed by atoms with Crippen molar-refractivity contribution in [2.45, 2.75) is 13.5 Å². The fraction of sp³-hybridized carbons (Fsp3) is 0.167. The van der Waals surface area contributed by atoms with Gasteiger partial charge in [0, 0.05) is 24.7 Å². The maximum absolute atomic E-state index is 13.8. The molecule has 0 bridgehead atoms. The molecular weight excluding hydrogens is 279 g/mol. The van der Waals surface area contributed by atoms with Gasteiger partial charge in [0.05, 0.1) is 11.1 Å². The molecule has 3 rings (SSSR count). The highest BCUT2D eigenvalue weighted by molar-refractivity contribution is 6.08. The average molecular weight is 296 g/mol. The van der Waals surface area contributed by atoms with Crippen LogP contribution in [0.4, 0.5) is 4.39 Å². The van der Waals surface area contributed by atoms with Crippen LogP contribution in [0.1, 0.15) is 21.6 Å². The quantitative estimate of drug-likeness (QED) is 0.782. The number of rotatable bonds is 3. The monoisotopic (exact) mass is 296 g/mol. The van der Waals surface area contributed by atoms with Crippen molar-refractivity contribution >= 4 is 16.8 Å². The smallest absolute Gasteiger partial charge is 0.256 e. The lowest BCUT2D eigenvalue weighted by Crippen LogP contribution is -2.26. The Kier molecular flexibility index (Phi) is 3.67. The summed E-state index contributed by atoms with van der Waals surface area (Å²) in [6.07, 6.45) is 0. The first-order valence-corrected chi connectivity index (χ1v) is 7.14. The van der Waals surface area contributed by atoms with Crippen LogP contribution in [0.2, 0.25) is 0 Å². The number of hydrogen-bond donors (Lipinski definition) is 1. The summed E-state index contributed by atoms with van der Waals surface area (Å²) < 4.78 is 13.8. The Morgan fingerprint density at radius 2 is 1.86 bits per heavy atom. The highest BCUT2D eigenvalue weighted by Crippen LogP contribution is 2.25. The summed E-state index contributed by atoms with van der Waals surface area (Å²) in [5.41, 5.74) is 2.66. The zero-order valence-electron chi connectivity index (χ0n) is 12.6. The van der Waals surface area contributed by atoms with E-state index in [0.717, 1.165) is 5.56 Å². The molecule has 1 amide bonds. The van der Waals surface area contributed by atoms with Gasteiger partial charge < -0.3 is 9.88 Å². The normalized spacial score (nSPS) is 10.9. The van der Waals surface area contributed by atoms with E-state index < -0.39 is 0 Å². The van der Waals surface area contributed by atoms with E-state index >= 15 is 0 Å². The molecule has 0 saturated carbocycles. The largest absolute Gasteiger partial charge is 0.356 e. The molecule has 0 aliphatic carbocycles. The third-order valence-electron chi connectivity index (χ3n) is 3.79. The molecule has 0 fully saturated rings. The van der Waals surface area contributed by atoms with Crippen LogP contribution in [-0.4, -0.2) is 22.8 Å². The molecule has 112 valence electrons. The minimum Gasteiger partial charge on any atom is -0.356 e. The Balaban J connectivity index is 1.95. The number of hydrogen-bond acceptors (Lipinski definition) is 1. The topological polar surface area (TPSA) is 36.1 Å². The fourth-order valence-corrected chi connectivity index (χ4v) is 2.71. The SMILES string of the molecule is Cc1[nH]c2c(F)cccc2c1C(=O)N(C)Cc1ccccc1. The van der Waals surface area contributed by atoms with Gasteiger partial charge in [0.1, 0.15) is 5.82 Å². The van der Waals surface area contributed by atoms with E-state index in [9.17, 15) is 9.18 Å². The summed E-state index contributed by atoms with van der Waals surface area (Å²) in [6, 6.07) is 14.6. The van der Waals surface area contributed by atoms with E-state index in [2.05, 4.69) is 4.98 Å². The first-order chi connectivity index (χ1) is 10.6. The van der Waals surface area contributed by atoms with Crippen molar-refractivity contribution in [3.63, 3.8) is 0 Å². The van der Waals surface area contributed by atoms with Gasteiger partial charge in [-0.1, -0.05) is 42.5 Å². The number of nitrogens with one attached hydrogen (secondary N) is 1. The lowest BCUT2D eigenvalue weighted by Gasteiger charge is -2.17. The molecule has 0 aliphatic rings. The summed E-state index contributed by atoms with van der Waals surface area (Å²) in [5.74, 6) is -0.455. The molecule has 0 aliphatic heterocycles. The van der Waals surface area contributed by atoms with Gasteiger partial charge in [0.15, 0.2) is 0 Å². The highest BCUT2D eigenvalue weighted by Gasteiger charge is 2.20. The van der Waals surface area contributed by atoms with E-state index in [4.69, 9.17) is 0 Å². The van der Waals surface area contributed by atoms with E-state index in [1.807, 2.05) is 30.3 Å². The Morgan fingerprint density at radius 1 is 1.14 bits per heavy atom. The van der Waals surface area contributed by atoms with Gasteiger partial charge in [-0.2, -0.15) is 0 Å². The van der Waals surface area contributed by atoms with E-state index in [-0.39, 0.29) is 11.7 Å². The zero-order chi connectivity index (χ0) is 15.7. The molecule has 0 radical (unpaired) electrons. The molecule has 1 aromatic heterocycles. The van der Waals surface area contributed by atoms with Gasteiger partial charge in [0.2, 0.25) is 0 Å². The van der Waals surface area contributed by atoms with Gasteiger partial charge in [-0.15, -0.1) is 0 Å². The van der Waals surface area contributed by atoms with Crippen molar-refractivity contribution in [3.8, 4) is 0 Å². The Bertz CT molecular complexity index is 824. The summed E-state index contributed by atoms with van der Waals surface area (Å²) in [7, 11) is 1.76. The molecule has 0 atom stereocenters. The number of halogens is 1. The van der Waals surface area contributed by atoms with Crippen LogP contribution in [-0.2, 0) is 6.54 Å². The molecule has 0 spiro atoms. The average Bonchev–Trinajstić information content (AvgIpc) is 2.85. The minimum absolute atomic E-state index is 0.113. The highest BCUT2D eigenvalue weighted by atomic mass is 19.1. The second-order valence-electron chi connectivity index (χ2n) is 5.43. The predicted molar refractivity (Wildman–Crippen MR) is 85.2 cm³/mol. The van der Waals surface area contributed by atoms with Gasteiger partial charge >= 0.3 is 0 Å². The Hall–Kier alpha value is -2.62. The van der Waals surface area contributed by atoms with Gasteiger partial charge in [-0.3, -0.25) is 4.79 Å². The Morgan fingerprint density at radius 3 is 2.59 bits per heavy atom. The number of aryl methyl sites for hydroxylation is 1. The molecule has 0 unspecified atom stereocenters. The van der Waals surface area contributed by atoms with Gasteiger partial charge in [0.25, 0.3) is 5.91 Å². The Labute approximate surface area is 128 Å². The van der Waals surface area contributed by atoms with Crippen molar-refractivity contribution in [3.05, 3.63) is 71.2 Å². The number of aromatic amines is 1. The number of para-hydroxylation sites is 1. The summed E-state index contributed by atoms with van der Waals surface area (Å²) in [4.78, 5) is 17.4. The number of aromatic nitrogens is 1. The molecule has 3 aromatic rings. The number of carbonyl (C=O) groups is 1. The molecular formula is C18H17FN2O. The maximum atomic E-state index is 13.8. The van der Waals surface area contributed by atoms with E-state index in [0.29, 0.717) is 28.7 Å². The molecule has 22 heavy (non-hydrogen) atoms. The van der Waals surface area contributed by atoms with Crippen LogP contribution in [0, 0.1) is 12.7 Å². The second-order valence-corrected chi connectivity index (χ2v) is 5.43. The van der Waals surface area contributed by atoms with Crippen LogP contribution in [0.5, 0.6) is 0 Å². The zero-order valence-corrected chi connectivity index (χ0v) is 12.6. The first-order valence-electron chi connectivity index (χ1n) is 7.14. The number of nitrogens with zero attached hydrogens (tertiary/aromatic N) is 1. The lowest BCUT2D eigenvalue weighted by molar-refractivity contribution is 0.0786. The number of benzene rings is 2. The van der Waals surface area contributed by atoms with Crippen molar-refractivity contribution in [1.82, 2.24) is 9.88 Å². The van der Waals surface area contributed by atoms with Crippen LogP contribution in [0.15, 0.2) is 48.5 Å². The van der Waals surface area contributed by atoms with Crippen molar-refractivity contribution in [2.24, 2.45) is 0 Å². The van der Waals surface area contributed by atoms with Crippen LogP contribution < -0.4 is 0 Å². The van der Waals surface area contributed by atoms with Crippen LogP contribution in [0.3, 0.4) is 0 Å². The molecule has 3 nitrogen and oxygen atoms in total. The van der Waals surface area contributed by atoms with Crippen LogP contribution >= 0.6 is 0 Å². The van der Waals surface area contributed by atoms with Crippen molar-refractivity contribution in [2.75, 3.05) is 7.05 Å². The third kappa shape index (κ3) is 2.48. The summed E-state index contributed by atoms with van der Waals surface area (Å²) in [6.45, 7) is 2.31. The standard InChI is InChI=1S/C18H17FN2O/c1-12-16(14-9-6-10-15(19)17(14)20-12)18(22)21(2)11-13-7-4-3-5-8-13/h3-10,20H,11H2,1-2H3. The summed E-state index contributed by atoms with van der Waals surface area (Å²) >= 11 is 0. The first kappa shape index (κ1) is 14.3. The number of H-pyrrole nitrogens is 1. The molecule has 0 saturated heterocycles. The number of amides is 1. The molecule has 1 heterocycles. The number of fused-ring (bicyclic) bond motifs is 1. The predicted octanol–water partition coefficient (Wildman–Crippen LogP) is 3.89. The number of carbonyl (C=O) groups excluding carboxylic acids is 1. The van der Waals surface area contributed by atoms with Crippen LogP contribution in [0.25, 0.3) is 10.9 Å².